The molecule has 10 heteroatoms. The van der Waals surface area contributed by atoms with Crippen LogP contribution in [0.2, 0.25) is 0 Å². The standard InChI is InChI=1S/C8H7F3N4O3/c9-8(10,11)6-1-4(13-3-7(12)16)5(2-14-6)15(17)18/h1-2H,3H2,(H2,12,16)(H,13,14). The van der Waals surface area contributed by atoms with E-state index in [0.29, 0.717) is 12.3 Å². The molecule has 3 N–H and O–H groups in total. The molecule has 0 saturated carbocycles. The molecule has 18 heavy (non-hydrogen) atoms. The lowest BCUT2D eigenvalue weighted by Gasteiger charge is -2.09. The first-order valence-electron chi connectivity index (χ1n) is 4.45. The molecule has 0 bridgehead atoms. The Bertz CT molecular complexity index is 489. The number of hydrogen-bond acceptors (Lipinski definition) is 5. The van der Waals surface area contributed by atoms with Crippen molar-refractivity contribution >= 4 is 17.3 Å². The van der Waals surface area contributed by atoms with Crippen LogP contribution in [0.15, 0.2) is 12.3 Å². The maximum absolute atomic E-state index is 12.3. The summed E-state index contributed by atoms with van der Waals surface area (Å²) in [5.74, 6) is -0.866. The average Bonchev–Trinajstić information content (AvgIpc) is 2.24. The summed E-state index contributed by atoms with van der Waals surface area (Å²) in [4.78, 5) is 23.1. The van der Waals surface area contributed by atoms with Gasteiger partial charge in [0.15, 0.2) is 0 Å². The predicted molar refractivity (Wildman–Crippen MR) is 53.6 cm³/mol. The van der Waals surface area contributed by atoms with Crippen LogP contribution in [0.3, 0.4) is 0 Å². The van der Waals surface area contributed by atoms with Gasteiger partial charge in [-0.15, -0.1) is 0 Å². The lowest BCUT2D eigenvalue weighted by molar-refractivity contribution is -0.384. The minimum Gasteiger partial charge on any atom is -0.370 e. The second kappa shape index (κ2) is 4.85. The molecule has 0 aliphatic rings. The van der Waals surface area contributed by atoms with Crippen molar-refractivity contribution < 1.29 is 22.9 Å². The lowest BCUT2D eigenvalue weighted by atomic mass is 10.2. The fourth-order valence-electron chi connectivity index (χ4n) is 1.07. The van der Waals surface area contributed by atoms with Crippen LogP contribution in [0.5, 0.6) is 0 Å². The second-order valence-electron chi connectivity index (χ2n) is 3.16. The van der Waals surface area contributed by atoms with Crippen molar-refractivity contribution in [2.24, 2.45) is 5.73 Å². The molecule has 0 aromatic carbocycles. The molecule has 1 amide bonds. The van der Waals surface area contributed by atoms with Gasteiger partial charge in [-0.1, -0.05) is 0 Å². The number of carbonyl (C=O) groups excluding carboxylic acids is 1. The topological polar surface area (TPSA) is 111 Å². The molecule has 1 rings (SSSR count). The van der Waals surface area contributed by atoms with Crippen LogP contribution in [0.25, 0.3) is 0 Å². The van der Waals surface area contributed by atoms with Crippen molar-refractivity contribution in [2.45, 2.75) is 6.18 Å². The lowest BCUT2D eigenvalue weighted by Crippen LogP contribution is -2.22. The van der Waals surface area contributed by atoms with E-state index >= 15 is 0 Å². The predicted octanol–water partition coefficient (Wildman–Crippen LogP) is 0.906. The smallest absolute Gasteiger partial charge is 0.370 e. The number of halogens is 3. The van der Waals surface area contributed by atoms with Crippen LogP contribution < -0.4 is 11.1 Å². The number of carbonyl (C=O) groups is 1. The van der Waals surface area contributed by atoms with Crippen molar-refractivity contribution in [1.82, 2.24) is 4.98 Å². The number of amides is 1. The molecule has 0 radical (unpaired) electrons. The molecule has 0 aliphatic heterocycles. The van der Waals surface area contributed by atoms with Crippen LogP contribution in [-0.4, -0.2) is 22.4 Å². The molecule has 98 valence electrons. The first kappa shape index (κ1) is 13.7. The van der Waals surface area contributed by atoms with E-state index < -0.39 is 40.6 Å². The summed E-state index contributed by atoms with van der Waals surface area (Å²) in [5, 5.41) is 12.7. The molecule has 1 heterocycles. The molecule has 0 aliphatic carbocycles. The van der Waals surface area contributed by atoms with Crippen molar-refractivity contribution in [1.29, 1.82) is 0 Å². The van der Waals surface area contributed by atoms with Gasteiger partial charge in [0.2, 0.25) is 5.91 Å². The van der Waals surface area contributed by atoms with E-state index in [-0.39, 0.29) is 0 Å². The van der Waals surface area contributed by atoms with E-state index in [4.69, 9.17) is 5.73 Å². The highest BCUT2D eigenvalue weighted by Gasteiger charge is 2.34. The van der Waals surface area contributed by atoms with E-state index in [1.54, 1.807) is 0 Å². The minimum absolute atomic E-state index is 0.446. The SMILES string of the molecule is NC(=O)CNc1cc(C(F)(F)F)ncc1[N+](=O)[O-]. The largest absolute Gasteiger partial charge is 0.433 e. The van der Waals surface area contributed by atoms with E-state index in [2.05, 4.69) is 10.3 Å². The van der Waals surface area contributed by atoms with Gasteiger partial charge in [0, 0.05) is 0 Å². The summed E-state index contributed by atoms with van der Waals surface area (Å²) in [7, 11) is 0. The van der Waals surface area contributed by atoms with E-state index in [0.717, 1.165) is 0 Å². The van der Waals surface area contributed by atoms with Gasteiger partial charge in [0.1, 0.15) is 17.6 Å². The number of pyridine rings is 1. The van der Waals surface area contributed by atoms with E-state index in [1.165, 1.54) is 0 Å². The van der Waals surface area contributed by atoms with Crippen LogP contribution in [-0.2, 0) is 11.0 Å². The van der Waals surface area contributed by atoms with Gasteiger partial charge in [-0.25, -0.2) is 4.98 Å². The summed E-state index contributed by atoms with van der Waals surface area (Å²) in [6.45, 7) is -0.526. The molecule has 0 fully saturated rings. The Kier molecular flexibility index (Phi) is 3.69. The Morgan fingerprint density at radius 3 is 2.61 bits per heavy atom. The normalized spacial score (nSPS) is 11.1. The van der Waals surface area contributed by atoms with Crippen molar-refractivity contribution in [2.75, 3.05) is 11.9 Å². The summed E-state index contributed by atoms with van der Waals surface area (Å²) < 4.78 is 37.0. The first-order chi connectivity index (χ1) is 8.21. The van der Waals surface area contributed by atoms with Gasteiger partial charge in [0.25, 0.3) is 0 Å². The molecule has 0 spiro atoms. The fraction of sp³-hybridized carbons (Fsp3) is 0.250. The Morgan fingerprint density at radius 2 is 2.17 bits per heavy atom. The summed E-state index contributed by atoms with van der Waals surface area (Å²) >= 11 is 0. The third-order valence-electron chi connectivity index (χ3n) is 1.82. The second-order valence-corrected chi connectivity index (χ2v) is 3.16. The number of nitrogens with two attached hydrogens (primary N) is 1. The summed E-state index contributed by atoms with van der Waals surface area (Å²) in [6.07, 6.45) is -4.27. The first-order valence-corrected chi connectivity index (χ1v) is 4.45. The van der Waals surface area contributed by atoms with Gasteiger partial charge in [-0.2, -0.15) is 13.2 Å². The molecule has 0 unspecified atom stereocenters. The third kappa shape index (κ3) is 3.30. The van der Waals surface area contributed by atoms with Gasteiger partial charge in [-0.05, 0) is 6.07 Å². The third-order valence-corrected chi connectivity index (χ3v) is 1.82. The number of nitro groups is 1. The molecule has 7 nitrogen and oxygen atoms in total. The van der Waals surface area contributed by atoms with Crippen molar-refractivity contribution in [3.05, 3.63) is 28.1 Å². The van der Waals surface area contributed by atoms with E-state index in [9.17, 15) is 28.1 Å². The van der Waals surface area contributed by atoms with Gasteiger partial charge < -0.3 is 11.1 Å². The van der Waals surface area contributed by atoms with E-state index in [1.807, 2.05) is 0 Å². The Morgan fingerprint density at radius 1 is 1.56 bits per heavy atom. The molecule has 1 aromatic rings. The van der Waals surface area contributed by atoms with Crippen molar-refractivity contribution in [3.63, 3.8) is 0 Å². The summed E-state index contributed by atoms with van der Waals surface area (Å²) in [6, 6.07) is 0.446. The van der Waals surface area contributed by atoms with Crippen LogP contribution in [0, 0.1) is 10.1 Å². The Labute approximate surface area is 97.9 Å². The molecule has 0 saturated heterocycles. The Hall–Kier alpha value is -2.39. The van der Waals surface area contributed by atoms with Gasteiger partial charge in [0.05, 0.1) is 11.5 Å². The monoisotopic (exact) mass is 264 g/mol. The van der Waals surface area contributed by atoms with Gasteiger partial charge >= 0.3 is 11.9 Å². The van der Waals surface area contributed by atoms with Crippen LogP contribution >= 0.6 is 0 Å². The number of nitrogens with one attached hydrogen (secondary N) is 1. The molecular formula is C8H7F3N4O3. The molecule has 0 atom stereocenters. The fourth-order valence-corrected chi connectivity index (χ4v) is 1.07. The number of anilines is 1. The van der Waals surface area contributed by atoms with Crippen molar-refractivity contribution in [3.8, 4) is 0 Å². The highest BCUT2D eigenvalue weighted by atomic mass is 19.4. The number of nitrogens with zero attached hydrogens (tertiary/aromatic N) is 2. The number of hydrogen-bond donors (Lipinski definition) is 2. The number of primary amides is 1. The highest BCUT2D eigenvalue weighted by Crippen LogP contribution is 2.32. The molecular weight excluding hydrogens is 257 g/mol. The van der Waals surface area contributed by atoms with Crippen LogP contribution in [0.1, 0.15) is 5.69 Å². The zero-order chi connectivity index (χ0) is 13.9. The Balaban J connectivity index is 3.15. The quantitative estimate of drug-likeness (QED) is 0.620. The summed E-state index contributed by atoms with van der Waals surface area (Å²) in [5.41, 5.74) is 2.33. The zero-order valence-electron chi connectivity index (χ0n) is 8.69. The number of aromatic nitrogens is 1. The number of rotatable bonds is 4. The maximum Gasteiger partial charge on any atom is 0.433 e. The van der Waals surface area contributed by atoms with Crippen LogP contribution in [0.4, 0.5) is 24.5 Å². The number of alkyl halides is 3. The van der Waals surface area contributed by atoms with Gasteiger partial charge in [-0.3, -0.25) is 14.9 Å². The minimum atomic E-state index is -4.74. The zero-order valence-corrected chi connectivity index (χ0v) is 8.69. The average molecular weight is 264 g/mol. The molecule has 1 aromatic heterocycles. The highest BCUT2D eigenvalue weighted by molar-refractivity contribution is 5.80. The maximum atomic E-state index is 12.3.